The highest BCUT2D eigenvalue weighted by Crippen LogP contribution is 2.28. The van der Waals surface area contributed by atoms with E-state index in [-0.39, 0.29) is 5.91 Å². The number of nitrogens with one attached hydrogen (secondary N) is 2. The van der Waals surface area contributed by atoms with Gasteiger partial charge in [0.05, 0.1) is 11.0 Å². The minimum Gasteiger partial charge on any atom is -0.381 e. The highest BCUT2D eigenvalue weighted by molar-refractivity contribution is 5.97. The molecule has 1 amide bonds. The second-order valence-electron chi connectivity index (χ2n) is 6.36. The van der Waals surface area contributed by atoms with Gasteiger partial charge >= 0.3 is 11.1 Å². The van der Waals surface area contributed by atoms with E-state index in [0.29, 0.717) is 36.3 Å². The Morgan fingerprint density at radius 1 is 1.36 bits per heavy atom. The van der Waals surface area contributed by atoms with E-state index in [1.807, 2.05) is 0 Å². The van der Waals surface area contributed by atoms with Crippen molar-refractivity contribution in [3.05, 3.63) is 44.5 Å². The summed E-state index contributed by atoms with van der Waals surface area (Å²) in [6.07, 6.45) is 3.30. The summed E-state index contributed by atoms with van der Waals surface area (Å²) in [7, 11) is 0. The van der Waals surface area contributed by atoms with Crippen LogP contribution in [0.2, 0.25) is 0 Å². The van der Waals surface area contributed by atoms with Gasteiger partial charge in [-0.25, -0.2) is 0 Å². The van der Waals surface area contributed by atoms with Crippen molar-refractivity contribution >= 4 is 16.9 Å². The number of benzene rings is 1. The number of hydrogen-bond donors (Lipinski definition) is 2. The minimum absolute atomic E-state index is 0.209. The zero-order chi connectivity index (χ0) is 17.8. The number of aromatic amines is 1. The Morgan fingerprint density at radius 2 is 2.16 bits per heavy atom. The van der Waals surface area contributed by atoms with Crippen LogP contribution in [-0.2, 0) is 11.3 Å². The topological polar surface area (TPSA) is 93.2 Å². The Bertz CT molecular complexity index is 880. The van der Waals surface area contributed by atoms with Crippen LogP contribution < -0.4 is 16.4 Å². The van der Waals surface area contributed by atoms with Gasteiger partial charge < -0.3 is 19.6 Å². The third-order valence-corrected chi connectivity index (χ3v) is 4.35. The molecule has 0 atom stereocenters. The largest absolute Gasteiger partial charge is 0.381 e. The number of carbonyl (C=O) groups excluding carboxylic acids is 1. The third-order valence-electron chi connectivity index (χ3n) is 4.35. The fraction of sp³-hybridized carbons (Fsp3) is 0.500. The SMILES string of the molecule is CCn1c(=O)c(=O)[nH]c2cc(C(=O)NCCCOCC3CC3)ccc21. The van der Waals surface area contributed by atoms with E-state index in [9.17, 15) is 14.4 Å². The first-order valence-electron chi connectivity index (χ1n) is 8.73. The molecular formula is C18H23N3O4. The number of nitrogens with zero attached hydrogens (tertiary/aromatic N) is 1. The summed E-state index contributed by atoms with van der Waals surface area (Å²) in [6, 6.07) is 4.94. The van der Waals surface area contributed by atoms with Gasteiger partial charge in [-0.05, 0) is 50.3 Å². The predicted octanol–water partition coefficient (Wildman–Crippen LogP) is 1.26. The van der Waals surface area contributed by atoms with Crippen LogP contribution in [0, 0.1) is 5.92 Å². The summed E-state index contributed by atoms with van der Waals surface area (Å²) < 4.78 is 6.93. The van der Waals surface area contributed by atoms with Gasteiger partial charge in [-0.2, -0.15) is 0 Å². The molecular weight excluding hydrogens is 322 g/mol. The zero-order valence-corrected chi connectivity index (χ0v) is 14.3. The van der Waals surface area contributed by atoms with E-state index in [1.54, 1.807) is 25.1 Å². The van der Waals surface area contributed by atoms with Crippen molar-refractivity contribution in [2.45, 2.75) is 32.7 Å². The van der Waals surface area contributed by atoms with Crippen molar-refractivity contribution in [2.24, 2.45) is 5.92 Å². The summed E-state index contributed by atoms with van der Waals surface area (Å²) in [5.41, 5.74) is 0.269. The molecule has 0 saturated heterocycles. The van der Waals surface area contributed by atoms with Crippen LogP contribution in [0.3, 0.4) is 0 Å². The van der Waals surface area contributed by atoms with Crippen LogP contribution in [0.1, 0.15) is 36.5 Å². The Balaban J connectivity index is 1.62. The molecule has 7 heteroatoms. The monoisotopic (exact) mass is 345 g/mol. The quantitative estimate of drug-likeness (QED) is 0.556. The van der Waals surface area contributed by atoms with Gasteiger partial charge in [0.15, 0.2) is 0 Å². The predicted molar refractivity (Wildman–Crippen MR) is 95.0 cm³/mol. The first-order valence-corrected chi connectivity index (χ1v) is 8.73. The lowest BCUT2D eigenvalue weighted by Crippen LogP contribution is -2.36. The number of aryl methyl sites for hydroxylation is 1. The molecule has 0 unspecified atom stereocenters. The molecule has 1 fully saturated rings. The second-order valence-corrected chi connectivity index (χ2v) is 6.36. The summed E-state index contributed by atoms with van der Waals surface area (Å²) >= 11 is 0. The first-order chi connectivity index (χ1) is 12.1. The number of hydrogen-bond acceptors (Lipinski definition) is 4. The Kier molecular flexibility index (Phi) is 5.33. The summed E-state index contributed by atoms with van der Waals surface area (Å²) in [5.74, 6) is 0.536. The molecule has 1 aliphatic carbocycles. The van der Waals surface area contributed by atoms with Gasteiger partial charge in [0.25, 0.3) is 5.91 Å². The lowest BCUT2D eigenvalue weighted by molar-refractivity contribution is 0.0937. The van der Waals surface area contributed by atoms with Gasteiger partial charge in [-0.1, -0.05) is 0 Å². The Hall–Kier alpha value is -2.41. The van der Waals surface area contributed by atoms with Crippen LogP contribution in [0.4, 0.5) is 0 Å². The van der Waals surface area contributed by atoms with E-state index in [1.165, 1.54) is 17.4 Å². The van der Waals surface area contributed by atoms with E-state index >= 15 is 0 Å². The molecule has 1 saturated carbocycles. The van der Waals surface area contributed by atoms with Gasteiger partial charge in [-0.15, -0.1) is 0 Å². The molecule has 25 heavy (non-hydrogen) atoms. The van der Waals surface area contributed by atoms with E-state index in [4.69, 9.17) is 4.74 Å². The number of amides is 1. The number of fused-ring (bicyclic) bond motifs is 1. The molecule has 0 bridgehead atoms. The maximum atomic E-state index is 12.2. The molecule has 0 radical (unpaired) electrons. The summed E-state index contributed by atoms with van der Waals surface area (Å²) in [4.78, 5) is 38.3. The average Bonchev–Trinajstić information content (AvgIpc) is 3.43. The fourth-order valence-electron chi connectivity index (χ4n) is 2.75. The first kappa shape index (κ1) is 17.4. The van der Waals surface area contributed by atoms with Gasteiger partial charge in [0, 0.05) is 31.9 Å². The molecule has 3 rings (SSSR count). The van der Waals surface area contributed by atoms with Crippen molar-refractivity contribution in [1.29, 1.82) is 0 Å². The Morgan fingerprint density at radius 3 is 2.88 bits per heavy atom. The molecule has 0 aliphatic heterocycles. The number of aromatic nitrogens is 2. The molecule has 134 valence electrons. The standard InChI is InChI=1S/C18H23N3O4/c1-2-21-15-7-6-13(10-14(15)20-17(23)18(21)24)16(22)19-8-3-9-25-11-12-4-5-12/h6-7,10,12H,2-5,8-9,11H2,1H3,(H,19,22)(H,20,23). The molecule has 2 aromatic rings. The molecule has 7 nitrogen and oxygen atoms in total. The maximum Gasteiger partial charge on any atom is 0.316 e. The van der Waals surface area contributed by atoms with E-state index < -0.39 is 11.1 Å². The number of H-pyrrole nitrogens is 1. The van der Waals surface area contributed by atoms with Gasteiger partial charge in [0.2, 0.25) is 0 Å². The van der Waals surface area contributed by atoms with Crippen LogP contribution in [0.25, 0.3) is 11.0 Å². The molecule has 1 aliphatic rings. The minimum atomic E-state index is -0.681. The van der Waals surface area contributed by atoms with Crippen LogP contribution in [-0.4, -0.2) is 35.2 Å². The summed E-state index contributed by atoms with van der Waals surface area (Å²) in [6.45, 7) is 4.19. The van der Waals surface area contributed by atoms with Crippen LogP contribution in [0.5, 0.6) is 0 Å². The average molecular weight is 345 g/mol. The van der Waals surface area contributed by atoms with Gasteiger partial charge in [0.1, 0.15) is 0 Å². The highest BCUT2D eigenvalue weighted by Gasteiger charge is 2.20. The van der Waals surface area contributed by atoms with Crippen molar-refractivity contribution in [3.8, 4) is 0 Å². The van der Waals surface area contributed by atoms with Crippen molar-refractivity contribution < 1.29 is 9.53 Å². The van der Waals surface area contributed by atoms with Crippen LogP contribution >= 0.6 is 0 Å². The zero-order valence-electron chi connectivity index (χ0n) is 14.3. The second kappa shape index (κ2) is 7.65. The maximum absolute atomic E-state index is 12.2. The molecule has 1 aromatic carbocycles. The Labute approximate surface area is 145 Å². The number of rotatable bonds is 8. The third kappa shape index (κ3) is 4.17. The molecule has 2 N–H and O–H groups in total. The number of carbonyl (C=O) groups is 1. The van der Waals surface area contributed by atoms with Crippen molar-refractivity contribution in [3.63, 3.8) is 0 Å². The lowest BCUT2D eigenvalue weighted by atomic mass is 10.1. The smallest absolute Gasteiger partial charge is 0.316 e. The van der Waals surface area contributed by atoms with E-state index in [0.717, 1.165) is 18.9 Å². The molecule has 1 heterocycles. The van der Waals surface area contributed by atoms with Crippen molar-refractivity contribution in [1.82, 2.24) is 14.9 Å². The van der Waals surface area contributed by atoms with Crippen molar-refractivity contribution in [2.75, 3.05) is 19.8 Å². The molecule has 1 aromatic heterocycles. The normalized spacial score (nSPS) is 14.0. The van der Waals surface area contributed by atoms with E-state index in [2.05, 4.69) is 10.3 Å². The summed E-state index contributed by atoms with van der Waals surface area (Å²) in [5, 5.41) is 2.84. The highest BCUT2D eigenvalue weighted by atomic mass is 16.5. The van der Waals surface area contributed by atoms with Gasteiger partial charge in [-0.3, -0.25) is 14.4 Å². The van der Waals surface area contributed by atoms with Crippen LogP contribution in [0.15, 0.2) is 27.8 Å². The lowest BCUT2D eigenvalue weighted by Gasteiger charge is -2.09. The fourth-order valence-corrected chi connectivity index (χ4v) is 2.75. The molecule has 0 spiro atoms. The number of ether oxygens (including phenoxy) is 1.